The summed E-state index contributed by atoms with van der Waals surface area (Å²) >= 11 is 0. The molecule has 6 N–H and O–H groups in total. The second kappa shape index (κ2) is 57.7. The number of esters is 1. The topological polar surface area (TPSA) is 175 Å². The standard InChI is InChI=1S/C72H115NO10/c1-4-7-10-13-16-19-22-25-27-29-31-32-33-34-35-37-39-42-45-48-51-54-57-60-67(77)83-70-69(79)68(78)66(61-74)82-72(70)81-62-63(64(75)58-55-52-49-46-43-40-24-21-18-15-12-9-6-3)73-71(80)65(76)59-56-53-50-47-44-41-38-36-30-28-26-23-20-17-14-11-8-5-2/h7-8,10-11,16-17,19-20,25-28,31-32,34-36,38-39,42,44,47,53,55-56,58,63-66,68-70,72,74-76,78-79H,4-6,9,12-15,18,21-24,29-30,33,37,40-41,43,45-46,48-52,54,57,59-62H2,1-3H3,(H,73,80)/b10-7-,11-8-,19-16-,20-17-,27-25-,28-26-,32-31-,35-34-,38-36-,42-39-,47-44-,56-53-,58-55+. The second-order valence-electron chi connectivity index (χ2n) is 21.4. The van der Waals surface area contributed by atoms with Crippen LogP contribution in [-0.4, -0.2) is 99.6 Å². The Hall–Kier alpha value is -4.72. The highest BCUT2D eigenvalue weighted by Gasteiger charge is 2.47. The first-order chi connectivity index (χ1) is 40.7. The summed E-state index contributed by atoms with van der Waals surface area (Å²) in [6.07, 6.45) is 74.3. The van der Waals surface area contributed by atoms with E-state index in [1.54, 1.807) is 12.2 Å². The number of carbonyl (C=O) groups excluding carboxylic acids is 2. The van der Waals surface area contributed by atoms with Crippen molar-refractivity contribution in [2.75, 3.05) is 13.2 Å². The normalized spacial score (nSPS) is 19.6. The van der Waals surface area contributed by atoms with Gasteiger partial charge < -0.3 is 45.1 Å². The molecule has 0 spiro atoms. The van der Waals surface area contributed by atoms with E-state index in [-0.39, 0.29) is 19.4 Å². The zero-order valence-corrected chi connectivity index (χ0v) is 51.7. The molecule has 1 heterocycles. The van der Waals surface area contributed by atoms with Crippen LogP contribution in [0.5, 0.6) is 0 Å². The lowest BCUT2D eigenvalue weighted by Gasteiger charge is -2.41. The zero-order valence-electron chi connectivity index (χ0n) is 51.7. The van der Waals surface area contributed by atoms with Gasteiger partial charge in [-0.1, -0.05) is 256 Å². The van der Waals surface area contributed by atoms with Crippen LogP contribution >= 0.6 is 0 Å². The van der Waals surface area contributed by atoms with Crippen LogP contribution in [0.15, 0.2) is 158 Å². The van der Waals surface area contributed by atoms with E-state index in [1.165, 1.54) is 51.4 Å². The Morgan fingerprint density at radius 1 is 0.482 bits per heavy atom. The van der Waals surface area contributed by atoms with E-state index in [0.717, 1.165) is 122 Å². The lowest BCUT2D eigenvalue weighted by Crippen LogP contribution is -2.61. The smallest absolute Gasteiger partial charge is 0.306 e. The molecule has 8 atom stereocenters. The van der Waals surface area contributed by atoms with Crippen molar-refractivity contribution in [1.82, 2.24) is 5.32 Å². The van der Waals surface area contributed by atoms with Crippen LogP contribution < -0.4 is 5.32 Å². The molecule has 0 bridgehead atoms. The van der Waals surface area contributed by atoms with E-state index in [4.69, 9.17) is 14.2 Å². The molecule has 0 radical (unpaired) electrons. The molecule has 0 aliphatic carbocycles. The molecule has 1 saturated heterocycles. The lowest BCUT2D eigenvalue weighted by molar-refractivity contribution is -0.305. The van der Waals surface area contributed by atoms with Crippen molar-refractivity contribution in [3.63, 3.8) is 0 Å². The highest BCUT2D eigenvalue weighted by molar-refractivity contribution is 5.81. The van der Waals surface area contributed by atoms with Gasteiger partial charge >= 0.3 is 5.97 Å². The van der Waals surface area contributed by atoms with Gasteiger partial charge in [-0.2, -0.15) is 0 Å². The van der Waals surface area contributed by atoms with Gasteiger partial charge in [-0.3, -0.25) is 9.59 Å². The van der Waals surface area contributed by atoms with Gasteiger partial charge in [-0.25, -0.2) is 0 Å². The minimum Gasteiger partial charge on any atom is -0.454 e. The maximum absolute atomic E-state index is 13.4. The number of nitrogens with one attached hydrogen (secondary N) is 1. The molecule has 1 aliphatic heterocycles. The highest BCUT2D eigenvalue weighted by Crippen LogP contribution is 2.26. The summed E-state index contributed by atoms with van der Waals surface area (Å²) in [7, 11) is 0. The minimum absolute atomic E-state index is 0.0460. The molecule has 0 aromatic rings. The number of allylic oxidation sites excluding steroid dienone is 24. The van der Waals surface area contributed by atoms with Crippen molar-refractivity contribution in [2.45, 2.75) is 269 Å². The van der Waals surface area contributed by atoms with Crippen molar-refractivity contribution in [1.29, 1.82) is 0 Å². The monoisotopic (exact) mass is 1150 g/mol. The minimum atomic E-state index is -1.65. The summed E-state index contributed by atoms with van der Waals surface area (Å²) in [4.78, 5) is 26.6. The van der Waals surface area contributed by atoms with Gasteiger partial charge in [-0.15, -0.1) is 0 Å². The first-order valence-corrected chi connectivity index (χ1v) is 32.3. The summed E-state index contributed by atoms with van der Waals surface area (Å²) in [5, 5.41) is 57.0. The predicted octanol–water partition coefficient (Wildman–Crippen LogP) is 15.9. The van der Waals surface area contributed by atoms with Crippen LogP contribution in [0, 0.1) is 0 Å². The van der Waals surface area contributed by atoms with Crippen molar-refractivity contribution in [3.8, 4) is 0 Å². The molecule has 0 aromatic heterocycles. The average Bonchev–Trinajstić information content (AvgIpc) is 3.50. The molecule has 468 valence electrons. The molecule has 11 heteroatoms. The van der Waals surface area contributed by atoms with E-state index in [1.807, 2.05) is 18.2 Å². The van der Waals surface area contributed by atoms with E-state index in [2.05, 4.69) is 154 Å². The van der Waals surface area contributed by atoms with Crippen LogP contribution in [0.3, 0.4) is 0 Å². The molecule has 1 rings (SSSR count). The van der Waals surface area contributed by atoms with Gasteiger partial charge in [0, 0.05) is 12.8 Å². The van der Waals surface area contributed by atoms with Gasteiger partial charge in [0.1, 0.15) is 24.4 Å². The molecule has 1 aliphatic rings. The summed E-state index contributed by atoms with van der Waals surface area (Å²) in [6.45, 7) is 5.49. The van der Waals surface area contributed by atoms with Crippen LogP contribution in [-0.2, 0) is 23.8 Å². The Morgan fingerprint density at radius 3 is 1.30 bits per heavy atom. The fraction of sp³-hybridized carbons (Fsp3) is 0.611. The van der Waals surface area contributed by atoms with E-state index in [0.29, 0.717) is 12.8 Å². The molecule has 0 saturated carbocycles. The molecular formula is C72H115NO10. The zero-order chi connectivity index (χ0) is 60.3. The fourth-order valence-corrected chi connectivity index (χ4v) is 8.90. The molecule has 0 aromatic carbocycles. The van der Waals surface area contributed by atoms with Crippen LogP contribution in [0.1, 0.15) is 220 Å². The number of aliphatic hydroxyl groups is 5. The van der Waals surface area contributed by atoms with Crippen LogP contribution in [0.4, 0.5) is 0 Å². The molecular weight excluding hydrogens is 1040 g/mol. The Morgan fingerprint density at radius 2 is 0.867 bits per heavy atom. The first-order valence-electron chi connectivity index (χ1n) is 32.3. The lowest BCUT2D eigenvalue weighted by atomic mass is 9.99. The number of amides is 1. The molecule has 1 fully saturated rings. The predicted molar refractivity (Wildman–Crippen MR) is 347 cm³/mol. The maximum atomic E-state index is 13.4. The van der Waals surface area contributed by atoms with Gasteiger partial charge in [0.25, 0.3) is 0 Å². The Balaban J connectivity index is 2.74. The maximum Gasteiger partial charge on any atom is 0.306 e. The first kappa shape index (κ1) is 76.3. The third kappa shape index (κ3) is 45.3. The van der Waals surface area contributed by atoms with Gasteiger partial charge in [0.05, 0.1) is 25.4 Å². The summed E-state index contributed by atoms with van der Waals surface area (Å²) < 4.78 is 17.6. The quantitative estimate of drug-likeness (QED) is 0.0195. The average molecular weight is 1150 g/mol. The largest absolute Gasteiger partial charge is 0.454 e. The summed E-state index contributed by atoms with van der Waals surface area (Å²) in [6, 6.07) is -1.08. The van der Waals surface area contributed by atoms with Crippen LogP contribution in [0.2, 0.25) is 0 Å². The second-order valence-corrected chi connectivity index (χ2v) is 21.4. The van der Waals surface area contributed by atoms with Crippen LogP contribution in [0.25, 0.3) is 0 Å². The van der Waals surface area contributed by atoms with Gasteiger partial charge in [-0.05, 0) is 109 Å². The molecule has 1 amide bonds. The Bertz CT molecular complexity index is 1950. The number of hydrogen-bond donors (Lipinski definition) is 6. The Kier molecular flexibility index (Phi) is 53.0. The number of hydrogen-bond acceptors (Lipinski definition) is 10. The molecule has 11 nitrogen and oxygen atoms in total. The number of rotatable bonds is 52. The van der Waals surface area contributed by atoms with Crippen molar-refractivity contribution in [3.05, 3.63) is 158 Å². The Labute approximate surface area is 504 Å². The van der Waals surface area contributed by atoms with Crippen molar-refractivity contribution in [2.24, 2.45) is 0 Å². The van der Waals surface area contributed by atoms with Crippen molar-refractivity contribution < 1.29 is 49.3 Å². The fourth-order valence-electron chi connectivity index (χ4n) is 8.90. The van der Waals surface area contributed by atoms with E-state index < -0.39 is 67.4 Å². The molecule has 8 unspecified atom stereocenters. The molecule has 83 heavy (non-hydrogen) atoms. The summed E-state index contributed by atoms with van der Waals surface area (Å²) in [5.41, 5.74) is 0. The third-order valence-electron chi connectivity index (χ3n) is 13.9. The van der Waals surface area contributed by atoms with Gasteiger partial charge in [0.15, 0.2) is 12.4 Å². The van der Waals surface area contributed by atoms with Gasteiger partial charge in [0.2, 0.25) is 5.91 Å². The summed E-state index contributed by atoms with van der Waals surface area (Å²) in [5.74, 6) is -1.32. The third-order valence-corrected chi connectivity index (χ3v) is 13.9. The SMILES string of the molecule is CC/C=C\C/C=C\C/C=C\C/C=C\C/C=C\C/C=C\CCCCCCC(=O)OC1C(OCC(NC(=O)C(O)C/C=C\C/C=C\C/C=C\C/C=C\C/C=C\C/C=C\CC)C(O)/C=C/CCCCCCCCCCCCC)OC(CO)C(O)C1O. The number of carbonyl (C=O) groups is 2. The highest BCUT2D eigenvalue weighted by atomic mass is 16.7. The number of ether oxygens (including phenoxy) is 3. The van der Waals surface area contributed by atoms with E-state index in [9.17, 15) is 35.1 Å². The van der Waals surface area contributed by atoms with Crippen molar-refractivity contribution >= 4 is 11.9 Å². The number of aliphatic hydroxyl groups excluding tert-OH is 5. The number of unbranched alkanes of at least 4 members (excludes halogenated alkanes) is 15. The van der Waals surface area contributed by atoms with E-state index >= 15 is 0 Å².